The molecular formula is C12H11Cl2FN4S. The number of hydrogen-bond acceptors (Lipinski definition) is 4. The lowest BCUT2D eigenvalue weighted by Crippen LogP contribution is -2.12. The van der Waals surface area contributed by atoms with E-state index in [1.165, 1.54) is 28.6 Å². The van der Waals surface area contributed by atoms with Gasteiger partial charge < -0.3 is 5.84 Å². The van der Waals surface area contributed by atoms with Gasteiger partial charge in [-0.25, -0.2) is 9.07 Å². The predicted octanol–water partition coefficient (Wildman–Crippen LogP) is 3.08. The zero-order valence-corrected chi connectivity index (χ0v) is 12.6. The molecule has 106 valence electrons. The van der Waals surface area contributed by atoms with Gasteiger partial charge in [-0.2, -0.15) is 0 Å². The molecule has 1 aliphatic carbocycles. The maximum atomic E-state index is 12.9. The Kier molecular flexibility index (Phi) is 3.56. The first-order valence-electron chi connectivity index (χ1n) is 5.94. The summed E-state index contributed by atoms with van der Waals surface area (Å²) in [5.41, 5.74) is 0.712. The van der Waals surface area contributed by atoms with Crippen molar-refractivity contribution in [2.75, 3.05) is 11.6 Å². The highest BCUT2D eigenvalue weighted by atomic mass is 35.5. The first kappa shape index (κ1) is 14.0. The van der Waals surface area contributed by atoms with E-state index in [1.54, 1.807) is 12.1 Å². The second-order valence-corrected chi connectivity index (χ2v) is 7.19. The lowest BCUT2D eigenvalue weighted by atomic mass is 10.2. The zero-order chi connectivity index (χ0) is 14.3. The summed E-state index contributed by atoms with van der Waals surface area (Å²) < 4.78 is 13.7. The molecule has 0 spiro atoms. The van der Waals surface area contributed by atoms with Gasteiger partial charge in [0.1, 0.15) is 10.2 Å². The van der Waals surface area contributed by atoms with Crippen molar-refractivity contribution in [2.24, 2.45) is 5.92 Å². The van der Waals surface area contributed by atoms with Crippen LogP contribution >= 0.6 is 35.0 Å². The largest absolute Gasteiger partial charge is 0.335 e. The highest BCUT2D eigenvalue weighted by Gasteiger charge is 2.51. The molecule has 1 aliphatic rings. The van der Waals surface area contributed by atoms with Crippen LogP contribution < -0.4 is 5.84 Å². The number of halogens is 3. The molecule has 0 amide bonds. The molecule has 20 heavy (non-hydrogen) atoms. The van der Waals surface area contributed by atoms with Gasteiger partial charge >= 0.3 is 0 Å². The highest BCUT2D eigenvalue weighted by molar-refractivity contribution is 7.99. The fraction of sp³-hybridized carbons (Fsp3) is 0.333. The number of benzene rings is 1. The van der Waals surface area contributed by atoms with Crippen LogP contribution in [-0.2, 0) is 0 Å². The summed E-state index contributed by atoms with van der Waals surface area (Å²) in [6.07, 6.45) is 0.784. The number of hydrogen-bond donors (Lipinski definition) is 1. The van der Waals surface area contributed by atoms with Crippen molar-refractivity contribution in [3.05, 3.63) is 30.1 Å². The molecule has 3 rings (SSSR count). The summed E-state index contributed by atoms with van der Waals surface area (Å²) in [6.45, 7) is 0. The van der Waals surface area contributed by atoms with E-state index >= 15 is 0 Å². The third-order valence-electron chi connectivity index (χ3n) is 3.14. The Labute approximate surface area is 129 Å². The number of aromatic nitrogens is 3. The molecule has 1 aromatic heterocycles. The second kappa shape index (κ2) is 5.09. The lowest BCUT2D eigenvalue weighted by molar-refractivity contribution is 0.628. The van der Waals surface area contributed by atoms with E-state index in [9.17, 15) is 4.39 Å². The standard InChI is InChI=1S/C12H11Cl2FN4S/c13-12(14)5-8(12)6-20-11-18-17-10(19(11)16)7-1-3-9(15)4-2-7/h1-4,8H,5-6,16H2/t8-/m0/s1. The smallest absolute Gasteiger partial charge is 0.210 e. The lowest BCUT2D eigenvalue weighted by Gasteiger charge is -2.03. The van der Waals surface area contributed by atoms with Gasteiger partial charge in [-0.3, -0.25) is 0 Å². The number of nitrogen functional groups attached to an aromatic ring is 1. The quantitative estimate of drug-likeness (QED) is 0.531. The summed E-state index contributed by atoms with van der Waals surface area (Å²) in [5.74, 6) is 7.14. The molecule has 0 radical (unpaired) electrons. The average Bonchev–Trinajstić information content (AvgIpc) is 2.85. The van der Waals surface area contributed by atoms with Crippen molar-refractivity contribution in [1.82, 2.24) is 14.9 Å². The van der Waals surface area contributed by atoms with Crippen LogP contribution in [0.15, 0.2) is 29.4 Å². The molecule has 1 saturated carbocycles. The minimum absolute atomic E-state index is 0.252. The van der Waals surface area contributed by atoms with Crippen molar-refractivity contribution < 1.29 is 4.39 Å². The number of nitrogens with zero attached hydrogens (tertiary/aromatic N) is 3. The molecule has 4 nitrogen and oxygen atoms in total. The van der Waals surface area contributed by atoms with E-state index in [2.05, 4.69) is 10.2 Å². The molecule has 1 fully saturated rings. The molecule has 2 aromatic rings. The first-order chi connectivity index (χ1) is 9.47. The summed E-state index contributed by atoms with van der Waals surface area (Å²) in [4.78, 5) is 0. The normalized spacial score (nSPS) is 20.1. The maximum absolute atomic E-state index is 12.9. The van der Waals surface area contributed by atoms with Crippen molar-refractivity contribution in [1.29, 1.82) is 0 Å². The molecule has 0 saturated heterocycles. The molecular weight excluding hydrogens is 322 g/mol. The Bertz CT molecular complexity index is 629. The van der Waals surface area contributed by atoms with Crippen LogP contribution in [0.25, 0.3) is 11.4 Å². The summed E-state index contributed by atoms with van der Waals surface area (Å²) >= 11 is 13.4. The second-order valence-electron chi connectivity index (χ2n) is 4.66. The minimum Gasteiger partial charge on any atom is -0.335 e. The molecule has 0 unspecified atom stereocenters. The number of nitrogens with two attached hydrogens (primary N) is 1. The van der Waals surface area contributed by atoms with E-state index in [-0.39, 0.29) is 11.7 Å². The Morgan fingerprint density at radius 1 is 1.35 bits per heavy atom. The number of alkyl halides is 2. The van der Waals surface area contributed by atoms with Gasteiger partial charge in [-0.15, -0.1) is 33.4 Å². The van der Waals surface area contributed by atoms with Crippen molar-refractivity contribution >= 4 is 35.0 Å². The average molecular weight is 333 g/mol. The van der Waals surface area contributed by atoms with E-state index in [0.717, 1.165) is 12.2 Å². The topological polar surface area (TPSA) is 56.7 Å². The zero-order valence-electron chi connectivity index (χ0n) is 10.3. The summed E-state index contributed by atoms with van der Waals surface area (Å²) in [6, 6.07) is 5.94. The Balaban J connectivity index is 1.73. The summed E-state index contributed by atoms with van der Waals surface area (Å²) in [7, 11) is 0. The molecule has 1 aromatic carbocycles. The SMILES string of the molecule is Nn1c(SC[C@@H]2CC2(Cl)Cl)nnc1-c1ccc(F)cc1. The number of rotatable bonds is 4. The monoisotopic (exact) mass is 332 g/mol. The van der Waals surface area contributed by atoms with Gasteiger partial charge in [0.05, 0.1) is 0 Å². The van der Waals surface area contributed by atoms with Gasteiger partial charge in [0, 0.05) is 17.2 Å². The van der Waals surface area contributed by atoms with E-state index in [4.69, 9.17) is 29.0 Å². The Morgan fingerprint density at radius 3 is 2.60 bits per heavy atom. The van der Waals surface area contributed by atoms with Crippen LogP contribution in [0.5, 0.6) is 0 Å². The van der Waals surface area contributed by atoms with Gasteiger partial charge in [-0.1, -0.05) is 11.8 Å². The van der Waals surface area contributed by atoms with Crippen LogP contribution in [0.3, 0.4) is 0 Å². The minimum atomic E-state index is -0.605. The number of thioether (sulfide) groups is 1. The van der Waals surface area contributed by atoms with Crippen LogP contribution in [0.2, 0.25) is 0 Å². The molecule has 0 aliphatic heterocycles. The van der Waals surface area contributed by atoms with Crippen LogP contribution in [0, 0.1) is 11.7 Å². The van der Waals surface area contributed by atoms with E-state index in [0.29, 0.717) is 16.5 Å². The molecule has 0 bridgehead atoms. The Morgan fingerprint density at radius 2 is 2.00 bits per heavy atom. The maximum Gasteiger partial charge on any atom is 0.210 e. The van der Waals surface area contributed by atoms with E-state index < -0.39 is 4.33 Å². The predicted molar refractivity (Wildman–Crippen MR) is 78.8 cm³/mol. The van der Waals surface area contributed by atoms with Gasteiger partial charge in [0.25, 0.3) is 0 Å². The molecule has 1 atom stereocenters. The van der Waals surface area contributed by atoms with Gasteiger partial charge in [0.15, 0.2) is 5.82 Å². The van der Waals surface area contributed by atoms with Crippen molar-refractivity contribution in [2.45, 2.75) is 15.9 Å². The van der Waals surface area contributed by atoms with Crippen molar-refractivity contribution in [3.8, 4) is 11.4 Å². The van der Waals surface area contributed by atoms with Crippen LogP contribution in [-0.4, -0.2) is 25.0 Å². The molecule has 8 heteroatoms. The third kappa shape index (κ3) is 2.73. The van der Waals surface area contributed by atoms with Gasteiger partial charge in [-0.05, 0) is 30.7 Å². The fourth-order valence-electron chi connectivity index (χ4n) is 1.80. The van der Waals surface area contributed by atoms with Gasteiger partial charge in [0.2, 0.25) is 5.16 Å². The fourth-order valence-corrected chi connectivity index (χ4v) is 3.58. The third-order valence-corrected chi connectivity index (χ3v) is 5.17. The van der Waals surface area contributed by atoms with Crippen molar-refractivity contribution in [3.63, 3.8) is 0 Å². The van der Waals surface area contributed by atoms with Crippen LogP contribution in [0.4, 0.5) is 4.39 Å². The Hall–Kier alpha value is -0.980. The molecule has 1 heterocycles. The summed E-state index contributed by atoms with van der Waals surface area (Å²) in [5, 5.41) is 8.65. The first-order valence-corrected chi connectivity index (χ1v) is 7.68. The van der Waals surface area contributed by atoms with E-state index in [1.807, 2.05) is 0 Å². The highest BCUT2D eigenvalue weighted by Crippen LogP contribution is 2.54. The van der Waals surface area contributed by atoms with Crippen LogP contribution in [0.1, 0.15) is 6.42 Å². The molecule has 2 N–H and O–H groups in total.